The van der Waals surface area contributed by atoms with Crippen LogP contribution < -0.4 is 0 Å². The summed E-state index contributed by atoms with van der Waals surface area (Å²) in [4.78, 5) is 10.4. The van der Waals surface area contributed by atoms with Gasteiger partial charge in [0.15, 0.2) is 0 Å². The number of carboxylic acids is 1. The Hall–Kier alpha value is -1.05. The lowest BCUT2D eigenvalue weighted by Gasteiger charge is -2.00. The predicted molar refractivity (Wildman–Crippen MR) is 115 cm³/mol. The third-order valence-corrected chi connectivity index (χ3v) is 4.84. The third kappa shape index (κ3) is 22.9. The Morgan fingerprint density at radius 2 is 1.04 bits per heavy atom. The summed E-state index contributed by atoms with van der Waals surface area (Å²) in [5, 5.41) is 8.56. The topological polar surface area (TPSA) is 37.3 Å². The highest BCUT2D eigenvalue weighted by molar-refractivity contribution is 5.66. The number of aliphatic carboxylic acids is 1. The Kier molecular flexibility index (Phi) is 21.1. The van der Waals surface area contributed by atoms with Gasteiger partial charge in [0.2, 0.25) is 0 Å². The lowest BCUT2D eigenvalue weighted by Crippen LogP contribution is -1.93. The van der Waals surface area contributed by atoms with Crippen molar-refractivity contribution < 1.29 is 9.90 Å². The van der Waals surface area contributed by atoms with E-state index in [2.05, 4.69) is 31.2 Å². The van der Waals surface area contributed by atoms with E-state index in [1.807, 2.05) is 0 Å². The van der Waals surface area contributed by atoms with E-state index < -0.39 is 5.97 Å². The molecule has 0 unspecified atom stereocenters. The summed E-state index contributed by atoms with van der Waals surface area (Å²) in [6, 6.07) is 0. The van der Waals surface area contributed by atoms with Gasteiger partial charge in [0.25, 0.3) is 0 Å². The Morgan fingerprint density at radius 1 is 0.615 bits per heavy atom. The molecule has 0 radical (unpaired) electrons. The third-order valence-electron chi connectivity index (χ3n) is 4.84. The van der Waals surface area contributed by atoms with Crippen molar-refractivity contribution in [2.75, 3.05) is 0 Å². The number of hydrogen-bond donors (Lipinski definition) is 1. The van der Waals surface area contributed by atoms with Crippen molar-refractivity contribution >= 4 is 5.97 Å². The summed E-state index contributed by atoms with van der Waals surface area (Å²) in [6.07, 6.45) is 31.1. The molecule has 0 aliphatic carbocycles. The molecule has 2 heteroatoms. The van der Waals surface area contributed by atoms with E-state index in [4.69, 9.17) is 5.11 Å². The van der Waals surface area contributed by atoms with Crippen molar-refractivity contribution in [1.29, 1.82) is 0 Å². The second-order valence-corrected chi connectivity index (χ2v) is 7.50. The number of allylic oxidation sites excluding steroid dienone is 4. The fraction of sp³-hybridized carbons (Fsp3) is 0.792. The monoisotopic (exact) mass is 364 g/mol. The van der Waals surface area contributed by atoms with Gasteiger partial charge in [-0.1, -0.05) is 102 Å². The molecule has 1 N–H and O–H groups in total. The molecule has 0 bridgehead atoms. The Labute approximate surface area is 163 Å². The quantitative estimate of drug-likeness (QED) is 0.174. The van der Waals surface area contributed by atoms with Gasteiger partial charge < -0.3 is 5.11 Å². The summed E-state index contributed by atoms with van der Waals surface area (Å²) in [5.41, 5.74) is 0. The molecule has 0 atom stereocenters. The second-order valence-electron chi connectivity index (χ2n) is 7.50. The van der Waals surface area contributed by atoms with Gasteiger partial charge >= 0.3 is 5.97 Å². The predicted octanol–water partition coefficient (Wildman–Crippen LogP) is 8.23. The van der Waals surface area contributed by atoms with Crippen LogP contribution in [0.1, 0.15) is 122 Å². The number of hydrogen-bond acceptors (Lipinski definition) is 1. The molecule has 0 aromatic rings. The van der Waals surface area contributed by atoms with E-state index in [9.17, 15) is 4.79 Å². The van der Waals surface area contributed by atoms with Crippen LogP contribution in [-0.2, 0) is 4.79 Å². The van der Waals surface area contributed by atoms with Crippen molar-refractivity contribution in [2.45, 2.75) is 122 Å². The highest BCUT2D eigenvalue weighted by atomic mass is 16.4. The van der Waals surface area contributed by atoms with Crippen molar-refractivity contribution in [1.82, 2.24) is 0 Å². The molecule has 0 saturated carbocycles. The zero-order valence-electron chi connectivity index (χ0n) is 17.4. The zero-order chi connectivity index (χ0) is 19.1. The molecule has 26 heavy (non-hydrogen) atoms. The molecule has 0 saturated heterocycles. The molecular formula is C24H44O2. The van der Waals surface area contributed by atoms with Gasteiger partial charge in [-0.05, 0) is 38.5 Å². The first-order chi connectivity index (χ1) is 12.8. The molecule has 0 rings (SSSR count). The standard InChI is InChI=1S/C24H44O2/c1-2-3-4-5-6-7-8-9-10-11-12-13-14-15-16-17-18-19-20-21-22-23-24(25)26/h10-11,13-14H,2-9,12,15-23H2,1H3,(H,25,26). The van der Waals surface area contributed by atoms with Gasteiger partial charge in [0.1, 0.15) is 0 Å². The zero-order valence-corrected chi connectivity index (χ0v) is 17.4. The molecule has 0 heterocycles. The van der Waals surface area contributed by atoms with Gasteiger partial charge in [-0.25, -0.2) is 0 Å². The maximum absolute atomic E-state index is 10.4. The first-order valence-electron chi connectivity index (χ1n) is 11.3. The maximum atomic E-state index is 10.4. The van der Waals surface area contributed by atoms with Gasteiger partial charge in [-0.3, -0.25) is 4.79 Å². The summed E-state index contributed by atoms with van der Waals surface area (Å²) < 4.78 is 0. The number of unbranched alkanes of at least 4 members (excludes halogenated alkanes) is 14. The van der Waals surface area contributed by atoms with Crippen molar-refractivity contribution in [2.24, 2.45) is 0 Å². The van der Waals surface area contributed by atoms with Crippen LogP contribution in [0.5, 0.6) is 0 Å². The molecule has 0 aliphatic rings. The Balaban J connectivity index is 3.17. The molecule has 0 aliphatic heterocycles. The van der Waals surface area contributed by atoms with Crippen LogP contribution >= 0.6 is 0 Å². The minimum atomic E-state index is -0.663. The minimum Gasteiger partial charge on any atom is -0.481 e. The summed E-state index contributed by atoms with van der Waals surface area (Å²) in [6.45, 7) is 2.27. The second kappa shape index (κ2) is 22.0. The summed E-state index contributed by atoms with van der Waals surface area (Å²) in [7, 11) is 0. The van der Waals surface area contributed by atoms with Crippen LogP contribution in [0.25, 0.3) is 0 Å². The van der Waals surface area contributed by atoms with Gasteiger partial charge in [0.05, 0.1) is 0 Å². The van der Waals surface area contributed by atoms with Crippen LogP contribution in [-0.4, -0.2) is 11.1 Å². The van der Waals surface area contributed by atoms with Crippen LogP contribution in [0.3, 0.4) is 0 Å². The van der Waals surface area contributed by atoms with Crippen LogP contribution in [0.15, 0.2) is 24.3 Å². The molecule has 0 amide bonds. The fourth-order valence-electron chi connectivity index (χ4n) is 3.15. The molecule has 152 valence electrons. The highest BCUT2D eigenvalue weighted by Crippen LogP contribution is 2.10. The molecular weight excluding hydrogens is 320 g/mol. The molecule has 0 aromatic carbocycles. The van der Waals surface area contributed by atoms with Crippen LogP contribution in [0.4, 0.5) is 0 Å². The SMILES string of the molecule is CCCCCCCCCC=CCC=CCCCCCCCCCC(=O)O. The molecule has 0 fully saturated rings. The lowest BCUT2D eigenvalue weighted by atomic mass is 10.1. The van der Waals surface area contributed by atoms with E-state index in [1.54, 1.807) is 0 Å². The molecule has 0 aromatic heterocycles. The van der Waals surface area contributed by atoms with Crippen molar-refractivity contribution in [3.8, 4) is 0 Å². The Morgan fingerprint density at radius 3 is 1.50 bits per heavy atom. The van der Waals surface area contributed by atoms with Gasteiger partial charge in [-0.2, -0.15) is 0 Å². The van der Waals surface area contributed by atoms with Crippen molar-refractivity contribution in [3.05, 3.63) is 24.3 Å². The highest BCUT2D eigenvalue weighted by Gasteiger charge is 1.96. The normalized spacial score (nSPS) is 11.7. The first-order valence-corrected chi connectivity index (χ1v) is 11.3. The number of rotatable bonds is 20. The van der Waals surface area contributed by atoms with Gasteiger partial charge in [-0.15, -0.1) is 0 Å². The average molecular weight is 365 g/mol. The summed E-state index contributed by atoms with van der Waals surface area (Å²) in [5.74, 6) is -0.663. The minimum absolute atomic E-state index is 0.332. The van der Waals surface area contributed by atoms with E-state index >= 15 is 0 Å². The fourth-order valence-corrected chi connectivity index (χ4v) is 3.15. The van der Waals surface area contributed by atoms with Gasteiger partial charge in [0, 0.05) is 6.42 Å². The summed E-state index contributed by atoms with van der Waals surface area (Å²) >= 11 is 0. The van der Waals surface area contributed by atoms with Crippen molar-refractivity contribution in [3.63, 3.8) is 0 Å². The van der Waals surface area contributed by atoms with Crippen LogP contribution in [0.2, 0.25) is 0 Å². The number of carbonyl (C=O) groups is 1. The molecule has 2 nitrogen and oxygen atoms in total. The number of carboxylic acid groups (broad SMARTS) is 1. The largest absolute Gasteiger partial charge is 0.481 e. The van der Waals surface area contributed by atoms with E-state index in [0.717, 1.165) is 19.3 Å². The van der Waals surface area contributed by atoms with E-state index in [0.29, 0.717) is 6.42 Å². The van der Waals surface area contributed by atoms with E-state index in [-0.39, 0.29) is 0 Å². The van der Waals surface area contributed by atoms with Crippen LogP contribution in [0, 0.1) is 0 Å². The maximum Gasteiger partial charge on any atom is 0.303 e. The lowest BCUT2D eigenvalue weighted by molar-refractivity contribution is -0.137. The van der Waals surface area contributed by atoms with E-state index in [1.165, 1.54) is 89.9 Å². The molecule has 0 spiro atoms. The smallest absolute Gasteiger partial charge is 0.303 e. The average Bonchev–Trinajstić information content (AvgIpc) is 2.62. The first kappa shape index (κ1) is 24.9. The Bertz CT molecular complexity index is 344.